The van der Waals surface area contributed by atoms with Crippen LogP contribution in [0.25, 0.3) is 0 Å². The van der Waals surface area contributed by atoms with E-state index in [1.807, 2.05) is 30.3 Å². The monoisotopic (exact) mass is 380 g/mol. The van der Waals surface area contributed by atoms with E-state index in [1.165, 1.54) is 6.26 Å². The number of furan rings is 1. The highest BCUT2D eigenvalue weighted by atomic mass is 16.5. The number of rotatable bonds is 9. The molecule has 0 radical (unpaired) electrons. The Morgan fingerprint density at radius 1 is 0.786 bits per heavy atom. The Hall–Kier alpha value is -3.74. The standard InChI is InChI=1S/C21H20N2O5/c24-20(22-13-19-7-4-12-26-19)14-23-21(25)15-27-16-8-10-18(11-9-16)28-17-5-2-1-3-6-17/h1-12H,13-15H2,(H,22,24)(H,23,25). The summed E-state index contributed by atoms with van der Waals surface area (Å²) in [5, 5.41) is 5.13. The minimum Gasteiger partial charge on any atom is -0.484 e. The molecule has 0 aliphatic heterocycles. The average molecular weight is 380 g/mol. The van der Waals surface area contributed by atoms with Crippen LogP contribution < -0.4 is 20.1 Å². The predicted octanol–water partition coefficient (Wildman–Crippen LogP) is 2.88. The highest BCUT2D eigenvalue weighted by Crippen LogP contribution is 2.23. The lowest BCUT2D eigenvalue weighted by molar-refractivity contribution is -0.127. The van der Waals surface area contributed by atoms with Gasteiger partial charge in [0.2, 0.25) is 5.91 Å². The molecule has 1 heterocycles. The van der Waals surface area contributed by atoms with Crippen LogP contribution in [0.5, 0.6) is 17.2 Å². The quantitative estimate of drug-likeness (QED) is 0.596. The van der Waals surface area contributed by atoms with Gasteiger partial charge in [-0.25, -0.2) is 0 Å². The molecule has 0 spiro atoms. The van der Waals surface area contributed by atoms with Gasteiger partial charge in [-0.1, -0.05) is 18.2 Å². The van der Waals surface area contributed by atoms with Gasteiger partial charge < -0.3 is 24.5 Å². The van der Waals surface area contributed by atoms with Gasteiger partial charge in [0.05, 0.1) is 19.4 Å². The Bertz CT molecular complexity index is 877. The molecule has 1 aromatic heterocycles. The molecule has 28 heavy (non-hydrogen) atoms. The van der Waals surface area contributed by atoms with Gasteiger partial charge >= 0.3 is 0 Å². The van der Waals surface area contributed by atoms with E-state index in [9.17, 15) is 9.59 Å². The molecule has 0 fully saturated rings. The predicted molar refractivity (Wildman–Crippen MR) is 102 cm³/mol. The van der Waals surface area contributed by atoms with Crippen molar-refractivity contribution in [3.8, 4) is 17.2 Å². The van der Waals surface area contributed by atoms with E-state index in [-0.39, 0.29) is 25.6 Å². The molecule has 144 valence electrons. The third-order valence-electron chi connectivity index (χ3n) is 3.66. The Morgan fingerprint density at radius 3 is 2.21 bits per heavy atom. The second-order valence-electron chi connectivity index (χ2n) is 5.81. The minimum absolute atomic E-state index is 0.132. The van der Waals surface area contributed by atoms with Crippen molar-refractivity contribution >= 4 is 11.8 Å². The summed E-state index contributed by atoms with van der Waals surface area (Å²) < 4.78 is 16.2. The van der Waals surface area contributed by atoms with Crippen molar-refractivity contribution in [2.24, 2.45) is 0 Å². The topological polar surface area (TPSA) is 89.8 Å². The molecular weight excluding hydrogens is 360 g/mol. The van der Waals surface area contributed by atoms with Crippen LogP contribution in [0.2, 0.25) is 0 Å². The molecule has 3 rings (SSSR count). The van der Waals surface area contributed by atoms with Crippen LogP contribution in [0, 0.1) is 0 Å². The number of carbonyl (C=O) groups excluding carboxylic acids is 2. The molecule has 2 amide bonds. The summed E-state index contributed by atoms with van der Waals surface area (Å²) in [6.07, 6.45) is 1.53. The summed E-state index contributed by atoms with van der Waals surface area (Å²) in [5.41, 5.74) is 0. The van der Waals surface area contributed by atoms with Crippen LogP contribution in [0.1, 0.15) is 5.76 Å². The SMILES string of the molecule is O=C(CNC(=O)COc1ccc(Oc2ccccc2)cc1)NCc1ccco1. The highest BCUT2D eigenvalue weighted by Gasteiger charge is 2.07. The van der Waals surface area contributed by atoms with Crippen LogP contribution in [-0.4, -0.2) is 25.0 Å². The maximum absolute atomic E-state index is 11.8. The Balaban J connectivity index is 1.35. The molecule has 7 nitrogen and oxygen atoms in total. The molecule has 0 bridgehead atoms. The van der Waals surface area contributed by atoms with E-state index in [0.717, 1.165) is 5.75 Å². The lowest BCUT2D eigenvalue weighted by Crippen LogP contribution is -2.38. The summed E-state index contributed by atoms with van der Waals surface area (Å²) in [5.74, 6) is 1.86. The van der Waals surface area contributed by atoms with Crippen LogP contribution in [0.4, 0.5) is 0 Å². The molecule has 7 heteroatoms. The maximum Gasteiger partial charge on any atom is 0.258 e. The van der Waals surface area contributed by atoms with Crippen molar-refractivity contribution in [3.63, 3.8) is 0 Å². The average Bonchev–Trinajstić information content (AvgIpc) is 3.25. The van der Waals surface area contributed by atoms with Crippen molar-refractivity contribution < 1.29 is 23.5 Å². The second-order valence-corrected chi connectivity index (χ2v) is 5.81. The summed E-state index contributed by atoms with van der Waals surface area (Å²) in [6, 6.07) is 19.8. The minimum atomic E-state index is -0.391. The van der Waals surface area contributed by atoms with E-state index in [1.54, 1.807) is 36.4 Å². The first kappa shape index (κ1) is 19.0. The van der Waals surface area contributed by atoms with E-state index < -0.39 is 5.91 Å². The van der Waals surface area contributed by atoms with Gasteiger partial charge in [0.15, 0.2) is 6.61 Å². The molecule has 0 aliphatic carbocycles. The summed E-state index contributed by atoms with van der Waals surface area (Å²) in [7, 11) is 0. The number of carbonyl (C=O) groups is 2. The number of nitrogens with one attached hydrogen (secondary N) is 2. The zero-order valence-corrected chi connectivity index (χ0v) is 15.1. The molecule has 2 aromatic carbocycles. The van der Waals surface area contributed by atoms with Gasteiger partial charge in [-0.05, 0) is 48.5 Å². The van der Waals surface area contributed by atoms with E-state index in [2.05, 4.69) is 10.6 Å². The number of hydrogen-bond donors (Lipinski definition) is 2. The lowest BCUT2D eigenvalue weighted by Gasteiger charge is -2.09. The van der Waals surface area contributed by atoms with Crippen LogP contribution in [-0.2, 0) is 16.1 Å². The van der Waals surface area contributed by atoms with Crippen molar-refractivity contribution in [2.45, 2.75) is 6.54 Å². The van der Waals surface area contributed by atoms with Crippen LogP contribution >= 0.6 is 0 Å². The Kier molecular flexibility index (Phi) is 6.67. The molecule has 0 saturated carbocycles. The van der Waals surface area contributed by atoms with Gasteiger partial charge in [0, 0.05) is 0 Å². The summed E-state index contributed by atoms with van der Waals surface area (Å²) in [4.78, 5) is 23.5. The molecule has 0 unspecified atom stereocenters. The molecule has 0 saturated heterocycles. The first-order chi connectivity index (χ1) is 13.7. The number of ether oxygens (including phenoxy) is 2. The van der Waals surface area contributed by atoms with Crippen molar-refractivity contribution in [1.82, 2.24) is 10.6 Å². The molecule has 3 aromatic rings. The van der Waals surface area contributed by atoms with Gasteiger partial charge in [0.1, 0.15) is 23.0 Å². The van der Waals surface area contributed by atoms with E-state index in [4.69, 9.17) is 13.9 Å². The third kappa shape index (κ3) is 6.21. The molecule has 2 N–H and O–H groups in total. The fourth-order valence-corrected chi connectivity index (χ4v) is 2.27. The summed E-state index contributed by atoms with van der Waals surface area (Å²) >= 11 is 0. The Morgan fingerprint density at radius 2 is 1.50 bits per heavy atom. The highest BCUT2D eigenvalue weighted by molar-refractivity contribution is 5.85. The van der Waals surface area contributed by atoms with Crippen LogP contribution in [0.3, 0.4) is 0 Å². The smallest absolute Gasteiger partial charge is 0.258 e. The lowest BCUT2D eigenvalue weighted by atomic mass is 10.3. The van der Waals surface area contributed by atoms with E-state index in [0.29, 0.717) is 17.3 Å². The Labute approximate surface area is 162 Å². The number of amides is 2. The van der Waals surface area contributed by atoms with Gasteiger partial charge in [-0.2, -0.15) is 0 Å². The number of para-hydroxylation sites is 1. The zero-order chi connectivity index (χ0) is 19.6. The second kappa shape index (κ2) is 9.82. The number of hydrogen-bond acceptors (Lipinski definition) is 5. The largest absolute Gasteiger partial charge is 0.484 e. The fourth-order valence-electron chi connectivity index (χ4n) is 2.27. The number of benzene rings is 2. The first-order valence-electron chi connectivity index (χ1n) is 8.70. The molecule has 0 aliphatic rings. The molecular formula is C21H20N2O5. The fraction of sp³-hybridized carbons (Fsp3) is 0.143. The van der Waals surface area contributed by atoms with E-state index >= 15 is 0 Å². The van der Waals surface area contributed by atoms with Crippen molar-refractivity contribution in [2.75, 3.05) is 13.2 Å². The zero-order valence-electron chi connectivity index (χ0n) is 15.1. The maximum atomic E-state index is 11.8. The summed E-state index contributed by atoms with van der Waals surface area (Å²) in [6.45, 7) is -0.0489. The van der Waals surface area contributed by atoms with Crippen molar-refractivity contribution in [3.05, 3.63) is 78.8 Å². The van der Waals surface area contributed by atoms with Gasteiger partial charge in [-0.3, -0.25) is 9.59 Å². The first-order valence-corrected chi connectivity index (χ1v) is 8.70. The third-order valence-corrected chi connectivity index (χ3v) is 3.66. The van der Waals surface area contributed by atoms with Gasteiger partial charge in [-0.15, -0.1) is 0 Å². The normalized spacial score (nSPS) is 10.1. The van der Waals surface area contributed by atoms with Crippen LogP contribution in [0.15, 0.2) is 77.4 Å². The molecule has 0 atom stereocenters. The van der Waals surface area contributed by atoms with Crippen molar-refractivity contribution in [1.29, 1.82) is 0 Å². The van der Waals surface area contributed by atoms with Gasteiger partial charge in [0.25, 0.3) is 5.91 Å².